The summed E-state index contributed by atoms with van der Waals surface area (Å²) in [5.74, 6) is -0.808. The maximum absolute atomic E-state index is 13.7. The number of hydrogen-bond donors (Lipinski definition) is 3. The molecular weight excluding hydrogens is 1100 g/mol. The second-order valence-electron chi connectivity index (χ2n) is 18.7. The molecule has 2 aromatic heterocycles. The van der Waals surface area contributed by atoms with Crippen LogP contribution in [0.3, 0.4) is 0 Å². The molecule has 0 aliphatic carbocycles. The maximum Gasteiger partial charge on any atom is 0.468 e. The lowest BCUT2D eigenvalue weighted by Gasteiger charge is -2.45. The third-order valence-electron chi connectivity index (χ3n) is 14.1. The largest absolute Gasteiger partial charge is 0.468 e. The first-order valence-corrected chi connectivity index (χ1v) is 28.9. The minimum absolute atomic E-state index is 0. The zero-order valence-electron chi connectivity index (χ0n) is 47.1. The molecule has 8 aromatic carbocycles. The summed E-state index contributed by atoms with van der Waals surface area (Å²) in [6, 6.07) is 76.0. The van der Waals surface area contributed by atoms with Gasteiger partial charge in [-0.05, 0) is 74.4 Å². The van der Waals surface area contributed by atoms with Gasteiger partial charge in [0.2, 0.25) is 0 Å². The molecule has 0 spiro atoms. The average molecular weight is 1170 g/mol. The molecule has 1 fully saturated rings. The van der Waals surface area contributed by atoms with Gasteiger partial charge in [-0.1, -0.05) is 247 Å². The highest BCUT2D eigenvalue weighted by Gasteiger charge is 2.55. The van der Waals surface area contributed by atoms with Gasteiger partial charge in [0.1, 0.15) is 16.6 Å². The van der Waals surface area contributed by atoms with Crippen LogP contribution >= 0.6 is 15.9 Å². The van der Waals surface area contributed by atoms with Gasteiger partial charge in [0.05, 0.1) is 18.6 Å². The molecule has 0 radical (unpaired) electrons. The van der Waals surface area contributed by atoms with E-state index in [1.54, 1.807) is 6.21 Å². The highest BCUT2D eigenvalue weighted by Crippen LogP contribution is 2.48. The predicted molar refractivity (Wildman–Crippen MR) is 345 cm³/mol. The highest BCUT2D eigenvalue weighted by atomic mass is 79.9. The Bertz CT molecular complexity index is 3410. The van der Waals surface area contributed by atoms with E-state index >= 15 is 0 Å². The molecule has 10 aromatic rings. The molecule has 2 aliphatic rings. The van der Waals surface area contributed by atoms with Crippen molar-refractivity contribution in [2.75, 3.05) is 38.6 Å². The first-order chi connectivity index (χ1) is 40.4. The number of esters is 1. The Labute approximate surface area is 497 Å². The van der Waals surface area contributed by atoms with Gasteiger partial charge in [0.25, 0.3) is 5.56 Å². The van der Waals surface area contributed by atoms with E-state index in [9.17, 15) is 9.59 Å². The number of halogens is 1. The molecule has 2 atom stereocenters. The summed E-state index contributed by atoms with van der Waals surface area (Å²) < 4.78 is 20.7. The SMILES string of the molecule is C.CC.CC.CCOC(=O)C1C(B2OCCNCCO2)C=NN1C(c1ccccc1)(c1ccccc1)c1ccccc1.Nc1ccccc1Br.O=c1[nH]c2ccccc2c2cnn(C(c3ccccc3)(c3ccccc3)c3ccccc3)c12. The number of nitrogen functional groups attached to an aromatic ring is 1. The topological polar surface area (TPSA) is 149 Å². The van der Waals surface area contributed by atoms with Crippen LogP contribution in [-0.4, -0.2) is 78.0 Å². The van der Waals surface area contributed by atoms with Crippen molar-refractivity contribution in [3.63, 3.8) is 0 Å². The van der Waals surface area contributed by atoms with Gasteiger partial charge in [-0.25, -0.2) is 9.48 Å². The smallest absolute Gasteiger partial charge is 0.464 e. The average Bonchev–Trinajstić information content (AvgIpc) is 3.60. The van der Waals surface area contributed by atoms with E-state index in [0.717, 1.165) is 72.9 Å². The van der Waals surface area contributed by atoms with E-state index < -0.39 is 30.1 Å². The summed E-state index contributed by atoms with van der Waals surface area (Å²) >= 11 is 3.27. The highest BCUT2D eigenvalue weighted by molar-refractivity contribution is 9.10. The maximum atomic E-state index is 13.7. The number of H-pyrrole nitrogens is 1. The Balaban J connectivity index is 0.000000198. The predicted octanol–water partition coefficient (Wildman–Crippen LogP) is 14.1. The number of rotatable bonds is 11. The van der Waals surface area contributed by atoms with Crippen molar-refractivity contribution in [2.45, 2.75) is 65.0 Å². The van der Waals surface area contributed by atoms with Crippen LogP contribution in [0, 0.1) is 0 Å². The van der Waals surface area contributed by atoms with Crippen LogP contribution in [0.4, 0.5) is 5.69 Å². The fraction of sp³-hybridized carbons (Fsp3) is 0.217. The van der Waals surface area contributed by atoms with E-state index in [1.165, 1.54) is 0 Å². The number of carbonyl (C=O) groups excluding carboxylic acids is 1. The molecule has 4 heterocycles. The van der Waals surface area contributed by atoms with Crippen molar-refractivity contribution in [2.24, 2.45) is 5.10 Å². The van der Waals surface area contributed by atoms with E-state index in [0.29, 0.717) is 18.7 Å². The quantitative estimate of drug-likeness (QED) is 0.0498. The minimum atomic E-state index is -0.907. The van der Waals surface area contributed by atoms with Crippen molar-refractivity contribution in [3.8, 4) is 0 Å². The number of nitrogens with two attached hydrogens (primary N) is 1. The van der Waals surface area contributed by atoms with Gasteiger partial charge in [-0.2, -0.15) is 10.2 Å². The summed E-state index contributed by atoms with van der Waals surface area (Å²) in [5.41, 5.74) is 11.8. The number of pyridine rings is 1. The molecule has 0 amide bonds. The summed E-state index contributed by atoms with van der Waals surface area (Å²) in [6.07, 6.45) is 3.61. The Hall–Kier alpha value is -8.40. The Morgan fingerprint density at radius 1 is 0.614 bits per heavy atom. The number of carbonyl (C=O) groups is 1. The summed E-state index contributed by atoms with van der Waals surface area (Å²) in [6.45, 7) is 12.5. The number of ether oxygens (including phenoxy) is 1. The number of hydrogen-bond acceptors (Lipinski definition) is 10. The van der Waals surface area contributed by atoms with Crippen LogP contribution in [0.1, 0.15) is 75.4 Å². The summed E-state index contributed by atoms with van der Waals surface area (Å²) in [7, 11) is -0.620. The van der Waals surface area contributed by atoms with E-state index in [1.807, 2.05) is 208 Å². The van der Waals surface area contributed by atoms with E-state index in [2.05, 4.69) is 99.0 Å². The Morgan fingerprint density at radius 2 is 1.02 bits per heavy atom. The second-order valence-corrected chi connectivity index (χ2v) is 19.6. The number of fused-ring (bicyclic) bond motifs is 3. The normalized spacial score (nSPS) is 14.8. The standard InChI is InChI=1S/C29H32BN3O4.C29H21N3O.C6H6BrN.2C2H6.CH4/c1-2-35-28(34)27-26(30-36-20-18-31-19-21-37-30)22-32-33(27)29(23-12-6-3-7-13-23,24-14-8-4-9-15-24)25-16-10-5-11-17-25;33-28-27-25(24-18-10-11-19-26(24)31-28)20-30-32(27)29(21-12-4-1-5-13-21,22-14-6-2-7-15-22)23-16-8-3-9-17-23;7-5-3-1-2-4-6(5)8;2*1-2;/h3-17,22,26-27,31H,2,18-21H2,1H3;1-20H,(H,31,33);1-4H,8H2;2*1-2H3;1H4. The zero-order chi connectivity index (χ0) is 57.7. The van der Waals surface area contributed by atoms with Crippen molar-refractivity contribution in [1.29, 1.82) is 0 Å². The number of aromatic nitrogens is 3. The van der Waals surface area contributed by atoms with Crippen LogP contribution in [0.15, 0.2) is 251 Å². The number of nitrogens with zero attached hydrogens (tertiary/aromatic N) is 4. The van der Waals surface area contributed by atoms with Gasteiger partial charge < -0.3 is 30.1 Å². The number of anilines is 1. The summed E-state index contributed by atoms with van der Waals surface area (Å²) in [4.78, 5) is 30.3. The van der Waals surface area contributed by atoms with Crippen LogP contribution in [0.2, 0.25) is 5.82 Å². The first kappa shape index (κ1) is 62.2. The van der Waals surface area contributed by atoms with Gasteiger partial charge in [-0.3, -0.25) is 9.80 Å². The monoisotopic (exact) mass is 1170 g/mol. The summed E-state index contributed by atoms with van der Waals surface area (Å²) in [5, 5.41) is 16.8. The molecule has 83 heavy (non-hydrogen) atoms. The van der Waals surface area contributed by atoms with Crippen LogP contribution in [0.25, 0.3) is 21.8 Å². The number of para-hydroxylation sites is 2. The molecule has 2 aliphatic heterocycles. The Morgan fingerprint density at radius 3 is 1.45 bits per heavy atom. The number of nitrogens with one attached hydrogen (secondary N) is 2. The first-order valence-electron chi connectivity index (χ1n) is 28.1. The third kappa shape index (κ3) is 13.3. The van der Waals surface area contributed by atoms with Crippen LogP contribution in [0.5, 0.6) is 0 Å². The third-order valence-corrected chi connectivity index (χ3v) is 14.8. The van der Waals surface area contributed by atoms with E-state index in [4.69, 9.17) is 30.0 Å². The molecule has 14 heteroatoms. The van der Waals surface area contributed by atoms with Gasteiger partial charge in [0.15, 0.2) is 6.04 Å². The fourth-order valence-corrected chi connectivity index (χ4v) is 11.0. The lowest BCUT2D eigenvalue weighted by Crippen LogP contribution is -2.55. The van der Waals surface area contributed by atoms with Gasteiger partial charge in [-0.15, -0.1) is 0 Å². The van der Waals surface area contributed by atoms with Crippen LogP contribution in [-0.2, 0) is 29.9 Å². The fourth-order valence-electron chi connectivity index (χ4n) is 10.7. The molecule has 12 rings (SSSR count). The molecule has 426 valence electrons. The number of hydrazone groups is 1. The lowest BCUT2D eigenvalue weighted by molar-refractivity contribution is -0.150. The Kier molecular flexibility index (Phi) is 22.9. The molecule has 4 N–H and O–H groups in total. The number of benzene rings is 8. The van der Waals surface area contributed by atoms with Gasteiger partial charge >= 0.3 is 13.1 Å². The van der Waals surface area contributed by atoms with Crippen molar-refractivity contribution >= 4 is 62.7 Å². The zero-order valence-corrected chi connectivity index (χ0v) is 48.7. The molecule has 12 nitrogen and oxygen atoms in total. The number of aromatic amines is 1. The van der Waals surface area contributed by atoms with Crippen molar-refractivity contribution < 1.29 is 18.8 Å². The van der Waals surface area contributed by atoms with Crippen molar-refractivity contribution in [1.82, 2.24) is 25.1 Å². The van der Waals surface area contributed by atoms with Crippen molar-refractivity contribution in [3.05, 3.63) is 285 Å². The lowest BCUT2D eigenvalue weighted by atomic mass is 9.66. The minimum Gasteiger partial charge on any atom is -0.464 e. The molecule has 1 saturated heterocycles. The molecule has 0 bridgehead atoms. The second kappa shape index (κ2) is 30.6. The molecule has 2 unspecified atom stereocenters. The van der Waals surface area contributed by atoms with E-state index in [-0.39, 0.29) is 25.6 Å². The molecule has 0 saturated carbocycles. The van der Waals surface area contributed by atoms with Crippen LogP contribution < -0.4 is 16.6 Å². The van der Waals surface area contributed by atoms with Gasteiger partial charge in [0, 0.05) is 59.0 Å². The molecular formula is C69H75BBrN7O5.